The van der Waals surface area contributed by atoms with Crippen molar-refractivity contribution in [1.29, 1.82) is 0 Å². The SMILES string of the molecule is CCCCCCCCCCC/C=C/C(O)C(CO)NC(=O)CCCCCCCCCCCCCCC/C=C\C/C=C\CCCCCCCCCCCOC(=O)CCCCCCCCCCCCCCCCC. The molecule has 0 aromatic carbocycles. The molecule has 2 atom stereocenters. The molecular weight excluding hydrogens is 887 g/mol. The van der Waals surface area contributed by atoms with E-state index < -0.39 is 12.1 Å². The van der Waals surface area contributed by atoms with Gasteiger partial charge in [0.2, 0.25) is 5.91 Å². The number of nitrogens with one attached hydrogen (secondary N) is 1. The number of hydrogen-bond acceptors (Lipinski definition) is 5. The molecule has 3 N–H and O–H groups in total. The summed E-state index contributed by atoms with van der Waals surface area (Å²) in [7, 11) is 0. The number of amides is 1. The predicted octanol–water partition coefficient (Wildman–Crippen LogP) is 20.4. The minimum absolute atomic E-state index is 0.0146. The molecule has 6 heteroatoms. The Kier molecular flexibility index (Phi) is 60.0. The Hall–Kier alpha value is -1.92. The first-order valence-corrected chi connectivity index (χ1v) is 32.3. The molecule has 424 valence electrons. The van der Waals surface area contributed by atoms with E-state index in [-0.39, 0.29) is 18.5 Å². The van der Waals surface area contributed by atoms with Gasteiger partial charge in [-0.3, -0.25) is 9.59 Å². The Morgan fingerprint density at radius 3 is 1.06 bits per heavy atom. The molecule has 0 aliphatic rings. The first-order chi connectivity index (χ1) is 35.5. The number of aliphatic hydroxyl groups is 2. The number of allylic oxidation sites excluding steroid dienone is 5. The molecule has 0 fully saturated rings. The van der Waals surface area contributed by atoms with Crippen molar-refractivity contribution in [1.82, 2.24) is 5.32 Å². The second kappa shape index (κ2) is 61.6. The molecule has 0 radical (unpaired) electrons. The Morgan fingerprint density at radius 2 is 0.694 bits per heavy atom. The Labute approximate surface area is 449 Å². The van der Waals surface area contributed by atoms with Gasteiger partial charge in [-0.25, -0.2) is 0 Å². The lowest BCUT2D eigenvalue weighted by molar-refractivity contribution is -0.143. The van der Waals surface area contributed by atoms with Crippen LogP contribution in [0.5, 0.6) is 0 Å². The molecule has 0 aliphatic carbocycles. The third-order valence-corrected chi connectivity index (χ3v) is 14.9. The summed E-state index contributed by atoms with van der Waals surface area (Å²) >= 11 is 0. The fraction of sp³-hybridized carbons (Fsp3) is 0.879. The predicted molar refractivity (Wildman–Crippen MR) is 315 cm³/mol. The first-order valence-electron chi connectivity index (χ1n) is 32.3. The summed E-state index contributed by atoms with van der Waals surface area (Å²) in [4.78, 5) is 24.5. The van der Waals surface area contributed by atoms with Crippen LogP contribution in [0.3, 0.4) is 0 Å². The fourth-order valence-corrected chi connectivity index (χ4v) is 9.96. The Bertz CT molecular complexity index is 1170. The summed E-state index contributed by atoms with van der Waals surface area (Å²) in [5.74, 6) is -0.0550. The number of rotatable bonds is 60. The van der Waals surface area contributed by atoms with Gasteiger partial charge in [0, 0.05) is 12.8 Å². The van der Waals surface area contributed by atoms with Gasteiger partial charge in [0.1, 0.15) is 0 Å². The van der Waals surface area contributed by atoms with Crippen molar-refractivity contribution < 1.29 is 24.5 Å². The molecule has 1 amide bonds. The summed E-state index contributed by atoms with van der Waals surface area (Å²) < 4.78 is 5.49. The zero-order valence-electron chi connectivity index (χ0n) is 48.4. The number of unbranched alkanes of at least 4 members (excludes halogenated alkanes) is 45. The standard InChI is InChI=1S/C66H125NO5/c1-3-5-7-9-11-13-15-16-32-36-40-44-48-52-56-60-66(71)72-61-57-53-49-45-41-37-34-31-29-27-25-23-21-19-17-18-20-22-24-26-28-30-33-35-39-43-47-51-55-59-65(70)67-63(62-68)64(69)58-54-50-46-42-38-14-12-10-8-6-4-2/h17,19,23,25,54,58,63-64,68-69H,3-16,18,20-22,24,26-53,55-57,59-62H2,1-2H3,(H,67,70)/b19-17-,25-23-,58-54+. The van der Waals surface area contributed by atoms with Crippen LogP contribution in [0.15, 0.2) is 36.5 Å². The molecule has 0 aromatic heterocycles. The van der Waals surface area contributed by atoms with Crippen LogP contribution in [0.4, 0.5) is 0 Å². The highest BCUT2D eigenvalue weighted by Crippen LogP contribution is 2.17. The highest BCUT2D eigenvalue weighted by atomic mass is 16.5. The van der Waals surface area contributed by atoms with Crippen LogP contribution in [0.2, 0.25) is 0 Å². The summed E-state index contributed by atoms with van der Waals surface area (Å²) in [5.41, 5.74) is 0. The van der Waals surface area contributed by atoms with Crippen LogP contribution in [0, 0.1) is 0 Å². The first kappa shape index (κ1) is 70.1. The van der Waals surface area contributed by atoms with Gasteiger partial charge in [0.25, 0.3) is 0 Å². The zero-order valence-corrected chi connectivity index (χ0v) is 48.4. The van der Waals surface area contributed by atoms with Crippen LogP contribution in [0.1, 0.15) is 348 Å². The van der Waals surface area contributed by atoms with Crippen LogP contribution in [-0.2, 0) is 14.3 Å². The second-order valence-electron chi connectivity index (χ2n) is 22.1. The van der Waals surface area contributed by atoms with Crippen molar-refractivity contribution in [3.05, 3.63) is 36.5 Å². The molecule has 6 nitrogen and oxygen atoms in total. The number of carbonyl (C=O) groups excluding carboxylic acids is 2. The highest BCUT2D eigenvalue weighted by Gasteiger charge is 2.18. The molecule has 0 aliphatic heterocycles. The minimum Gasteiger partial charge on any atom is -0.466 e. The lowest BCUT2D eigenvalue weighted by Gasteiger charge is -2.20. The van der Waals surface area contributed by atoms with Crippen molar-refractivity contribution in [2.75, 3.05) is 13.2 Å². The number of aliphatic hydroxyl groups excluding tert-OH is 2. The van der Waals surface area contributed by atoms with Crippen LogP contribution in [-0.4, -0.2) is 47.4 Å². The number of hydrogen-bond donors (Lipinski definition) is 3. The molecular formula is C66H125NO5. The average Bonchev–Trinajstić information content (AvgIpc) is 3.38. The average molecular weight is 1010 g/mol. The largest absolute Gasteiger partial charge is 0.466 e. The molecule has 0 saturated carbocycles. The second-order valence-corrected chi connectivity index (χ2v) is 22.1. The van der Waals surface area contributed by atoms with Crippen molar-refractivity contribution in [2.45, 2.75) is 360 Å². The van der Waals surface area contributed by atoms with Crippen LogP contribution >= 0.6 is 0 Å². The molecule has 0 rings (SSSR count). The van der Waals surface area contributed by atoms with E-state index >= 15 is 0 Å². The van der Waals surface area contributed by atoms with E-state index in [0.717, 1.165) is 44.9 Å². The van der Waals surface area contributed by atoms with Gasteiger partial charge >= 0.3 is 5.97 Å². The number of esters is 1. The van der Waals surface area contributed by atoms with E-state index in [4.69, 9.17) is 4.74 Å². The Balaban J connectivity index is 3.39. The van der Waals surface area contributed by atoms with Crippen molar-refractivity contribution in [3.8, 4) is 0 Å². The van der Waals surface area contributed by atoms with E-state index in [9.17, 15) is 19.8 Å². The van der Waals surface area contributed by atoms with Crippen LogP contribution < -0.4 is 5.32 Å². The maximum atomic E-state index is 12.4. The van der Waals surface area contributed by atoms with Crippen molar-refractivity contribution >= 4 is 11.9 Å². The summed E-state index contributed by atoms with van der Waals surface area (Å²) in [5, 5.41) is 23.0. The van der Waals surface area contributed by atoms with Crippen molar-refractivity contribution in [3.63, 3.8) is 0 Å². The number of ether oxygens (including phenoxy) is 1. The lowest BCUT2D eigenvalue weighted by atomic mass is 10.0. The van der Waals surface area contributed by atoms with E-state index in [1.807, 2.05) is 6.08 Å². The minimum atomic E-state index is -0.844. The summed E-state index contributed by atoms with van der Waals surface area (Å²) in [6.07, 6.45) is 77.8. The van der Waals surface area contributed by atoms with Gasteiger partial charge in [-0.05, 0) is 64.2 Å². The lowest BCUT2D eigenvalue weighted by Crippen LogP contribution is -2.45. The molecule has 72 heavy (non-hydrogen) atoms. The van der Waals surface area contributed by atoms with Gasteiger partial charge in [0.15, 0.2) is 0 Å². The fourth-order valence-electron chi connectivity index (χ4n) is 9.96. The van der Waals surface area contributed by atoms with Gasteiger partial charge in [-0.1, -0.05) is 307 Å². The van der Waals surface area contributed by atoms with Gasteiger partial charge in [-0.2, -0.15) is 0 Å². The maximum Gasteiger partial charge on any atom is 0.305 e. The monoisotopic (exact) mass is 1010 g/mol. The molecule has 2 unspecified atom stereocenters. The van der Waals surface area contributed by atoms with E-state index in [1.54, 1.807) is 6.08 Å². The highest BCUT2D eigenvalue weighted by molar-refractivity contribution is 5.76. The third kappa shape index (κ3) is 57.4. The van der Waals surface area contributed by atoms with Gasteiger partial charge in [-0.15, -0.1) is 0 Å². The smallest absolute Gasteiger partial charge is 0.305 e. The third-order valence-electron chi connectivity index (χ3n) is 14.9. The molecule has 0 heterocycles. The molecule has 0 saturated heterocycles. The van der Waals surface area contributed by atoms with E-state index in [0.29, 0.717) is 19.4 Å². The van der Waals surface area contributed by atoms with Gasteiger partial charge < -0.3 is 20.3 Å². The quantitative estimate of drug-likeness (QED) is 0.0320. The Morgan fingerprint density at radius 1 is 0.389 bits per heavy atom. The normalized spacial score (nSPS) is 12.8. The van der Waals surface area contributed by atoms with Gasteiger partial charge in [0.05, 0.1) is 25.4 Å². The maximum absolute atomic E-state index is 12.4. The van der Waals surface area contributed by atoms with E-state index in [2.05, 4.69) is 43.5 Å². The molecule has 0 spiro atoms. The van der Waals surface area contributed by atoms with Crippen LogP contribution in [0.25, 0.3) is 0 Å². The topological polar surface area (TPSA) is 95.9 Å². The summed E-state index contributed by atoms with van der Waals surface area (Å²) in [6, 6.07) is -0.627. The summed E-state index contributed by atoms with van der Waals surface area (Å²) in [6.45, 7) is 4.91. The molecule has 0 aromatic rings. The zero-order chi connectivity index (χ0) is 52.2. The van der Waals surface area contributed by atoms with Crippen molar-refractivity contribution in [2.24, 2.45) is 0 Å². The number of carbonyl (C=O) groups is 2. The van der Waals surface area contributed by atoms with E-state index in [1.165, 1.54) is 276 Å². The molecule has 0 bridgehead atoms.